The lowest BCUT2D eigenvalue weighted by Crippen LogP contribution is -2.29. The Morgan fingerprint density at radius 1 is 0.425 bits per heavy atom. The van der Waals surface area contributed by atoms with Gasteiger partial charge in [-0.3, -0.25) is 18.6 Å². The predicted octanol–water partition coefficient (Wildman–Crippen LogP) is 18.6. The summed E-state index contributed by atoms with van der Waals surface area (Å²) in [5, 5.41) is 0. The molecular formula is C63H108NO8P. The molecule has 9 nitrogen and oxygen atoms in total. The fourth-order valence-electron chi connectivity index (χ4n) is 7.82. The van der Waals surface area contributed by atoms with Gasteiger partial charge in [0.25, 0.3) is 0 Å². The number of hydrogen-bond acceptors (Lipinski definition) is 8. The van der Waals surface area contributed by atoms with Gasteiger partial charge >= 0.3 is 19.8 Å². The van der Waals surface area contributed by atoms with Crippen LogP contribution in [0.2, 0.25) is 0 Å². The van der Waals surface area contributed by atoms with E-state index in [2.05, 4.69) is 123 Å². The van der Waals surface area contributed by atoms with Crippen LogP contribution in [0, 0.1) is 0 Å². The summed E-state index contributed by atoms with van der Waals surface area (Å²) in [5.41, 5.74) is 5.38. The van der Waals surface area contributed by atoms with Crippen LogP contribution in [0.25, 0.3) is 0 Å². The zero-order valence-electron chi connectivity index (χ0n) is 46.6. The van der Waals surface area contributed by atoms with Crippen LogP contribution >= 0.6 is 7.82 Å². The minimum Gasteiger partial charge on any atom is -0.462 e. The Labute approximate surface area is 448 Å². The van der Waals surface area contributed by atoms with Gasteiger partial charge in [-0.2, -0.15) is 0 Å². The molecule has 0 spiro atoms. The number of rotatable bonds is 54. The second-order valence-electron chi connectivity index (χ2n) is 19.1. The molecule has 0 aliphatic carbocycles. The van der Waals surface area contributed by atoms with E-state index in [0.29, 0.717) is 6.42 Å². The molecule has 3 N–H and O–H groups in total. The fraction of sp³-hybridized carbons (Fsp3) is 0.683. The molecule has 0 saturated heterocycles. The summed E-state index contributed by atoms with van der Waals surface area (Å²) in [4.78, 5) is 35.2. The van der Waals surface area contributed by atoms with Crippen molar-refractivity contribution >= 4 is 19.8 Å². The van der Waals surface area contributed by atoms with E-state index in [0.717, 1.165) is 96.3 Å². The Hall–Kier alpha value is -3.33. The lowest BCUT2D eigenvalue weighted by atomic mass is 10.0. The average Bonchev–Trinajstić information content (AvgIpc) is 3.38. The van der Waals surface area contributed by atoms with E-state index in [-0.39, 0.29) is 32.6 Å². The second-order valence-corrected chi connectivity index (χ2v) is 20.6. The molecule has 0 bridgehead atoms. The Bertz CT molecular complexity index is 1560. The Morgan fingerprint density at radius 2 is 0.753 bits per heavy atom. The summed E-state index contributed by atoms with van der Waals surface area (Å²) in [6.45, 7) is 3.60. The van der Waals surface area contributed by atoms with Crippen LogP contribution in [0.1, 0.15) is 245 Å². The van der Waals surface area contributed by atoms with Gasteiger partial charge in [0.15, 0.2) is 6.10 Å². The zero-order valence-corrected chi connectivity index (χ0v) is 47.5. The molecule has 0 aromatic heterocycles. The van der Waals surface area contributed by atoms with Crippen LogP contribution in [0.4, 0.5) is 0 Å². The first-order chi connectivity index (χ1) is 35.8. The minimum atomic E-state index is -4.40. The lowest BCUT2D eigenvalue weighted by Gasteiger charge is -2.19. The van der Waals surface area contributed by atoms with E-state index >= 15 is 0 Å². The predicted molar refractivity (Wildman–Crippen MR) is 311 cm³/mol. The first-order valence-electron chi connectivity index (χ1n) is 29.4. The monoisotopic (exact) mass is 1040 g/mol. The number of phosphoric acid groups is 1. The third-order valence-electron chi connectivity index (χ3n) is 12.1. The highest BCUT2D eigenvalue weighted by atomic mass is 31.2. The summed E-state index contributed by atoms with van der Waals surface area (Å²) in [7, 11) is -4.40. The van der Waals surface area contributed by atoms with Crippen LogP contribution in [0.5, 0.6) is 0 Å². The highest BCUT2D eigenvalue weighted by Crippen LogP contribution is 2.43. The summed E-state index contributed by atoms with van der Waals surface area (Å²) in [6.07, 6.45) is 78.5. The standard InChI is InChI=1S/C63H108NO8P/c1-3-5-7-9-11-13-15-17-19-21-23-25-27-28-29-30-31-32-34-36-38-40-42-44-46-48-50-52-54-56-63(66)72-61(60-71-73(67,68)70-58-57-64)59-69-62(65)55-53-51-49-47-45-43-41-39-37-35-33-26-24-22-20-18-16-14-12-10-8-6-4-2/h5,7,11,13,17,19,22-25,28-29,31-32,36,38,42,44,61H,3-4,6,8-10,12,14-16,18,20-21,26-27,30,33-35,37,39-41,43,45-60,64H2,1-2H3,(H,67,68)/b7-5-,13-11-,19-17-,24-22-,25-23-,29-28-,32-31-,38-36-,44-42-. The molecule has 0 fully saturated rings. The molecule has 418 valence electrons. The number of ether oxygens (including phenoxy) is 2. The minimum absolute atomic E-state index is 0.0434. The number of carbonyl (C=O) groups is 2. The smallest absolute Gasteiger partial charge is 0.462 e. The van der Waals surface area contributed by atoms with Gasteiger partial charge in [0.1, 0.15) is 6.61 Å². The normalized spacial score (nSPS) is 13.9. The fourth-order valence-corrected chi connectivity index (χ4v) is 8.59. The zero-order chi connectivity index (χ0) is 53.1. The Kier molecular flexibility index (Phi) is 55.3. The van der Waals surface area contributed by atoms with Crippen molar-refractivity contribution in [2.45, 2.75) is 251 Å². The second kappa shape index (κ2) is 57.9. The number of nitrogens with two attached hydrogens (primary N) is 1. The van der Waals surface area contributed by atoms with Gasteiger partial charge in [-0.25, -0.2) is 4.57 Å². The number of phosphoric ester groups is 1. The Balaban J connectivity index is 4.08. The van der Waals surface area contributed by atoms with Crippen molar-refractivity contribution in [3.05, 3.63) is 109 Å². The van der Waals surface area contributed by atoms with Crippen molar-refractivity contribution in [1.82, 2.24) is 0 Å². The molecule has 2 unspecified atom stereocenters. The topological polar surface area (TPSA) is 134 Å². The van der Waals surface area contributed by atoms with Crippen molar-refractivity contribution in [2.75, 3.05) is 26.4 Å². The molecule has 0 amide bonds. The van der Waals surface area contributed by atoms with Crippen LogP contribution in [0.15, 0.2) is 109 Å². The molecule has 0 aliphatic rings. The van der Waals surface area contributed by atoms with Crippen LogP contribution in [-0.4, -0.2) is 49.3 Å². The average molecular weight is 1040 g/mol. The lowest BCUT2D eigenvalue weighted by molar-refractivity contribution is -0.161. The summed E-state index contributed by atoms with van der Waals surface area (Å²) in [5.74, 6) is -0.860. The number of hydrogen-bond donors (Lipinski definition) is 2. The van der Waals surface area contributed by atoms with E-state index in [9.17, 15) is 19.0 Å². The van der Waals surface area contributed by atoms with Gasteiger partial charge in [0.05, 0.1) is 13.2 Å². The third-order valence-corrected chi connectivity index (χ3v) is 13.1. The van der Waals surface area contributed by atoms with Crippen molar-refractivity contribution in [3.8, 4) is 0 Å². The molecule has 0 heterocycles. The number of esters is 2. The van der Waals surface area contributed by atoms with Crippen molar-refractivity contribution in [2.24, 2.45) is 5.73 Å². The molecule has 10 heteroatoms. The highest BCUT2D eigenvalue weighted by Gasteiger charge is 2.26. The van der Waals surface area contributed by atoms with Gasteiger partial charge in [-0.15, -0.1) is 0 Å². The summed E-state index contributed by atoms with van der Waals surface area (Å²) < 4.78 is 33.0. The maximum absolute atomic E-state index is 12.7. The Morgan fingerprint density at radius 3 is 1.14 bits per heavy atom. The quantitative estimate of drug-likeness (QED) is 0.0264. The van der Waals surface area contributed by atoms with Gasteiger partial charge in [0.2, 0.25) is 0 Å². The molecule has 0 saturated carbocycles. The number of unbranched alkanes of at least 4 members (excludes halogenated alkanes) is 23. The van der Waals surface area contributed by atoms with E-state index < -0.39 is 32.5 Å². The largest absolute Gasteiger partial charge is 0.472 e. The van der Waals surface area contributed by atoms with Crippen molar-refractivity contribution in [1.29, 1.82) is 0 Å². The van der Waals surface area contributed by atoms with Crippen molar-refractivity contribution in [3.63, 3.8) is 0 Å². The van der Waals surface area contributed by atoms with E-state index in [1.54, 1.807) is 0 Å². The van der Waals surface area contributed by atoms with Crippen LogP contribution in [0.3, 0.4) is 0 Å². The number of carbonyl (C=O) groups excluding carboxylic acids is 2. The first-order valence-corrected chi connectivity index (χ1v) is 30.9. The molecule has 0 rings (SSSR count). The van der Waals surface area contributed by atoms with Gasteiger partial charge in [-0.1, -0.05) is 239 Å². The SMILES string of the molecule is CC/C=C\C/C=C\C/C=C\C/C=C\C/C=C\C/C=C\C/C=C\C/C=C\CCCCCCC(=O)OC(COC(=O)CCCCCCCCCCCCC/C=C\CCCCCCCCCC)COP(=O)(O)OCCN. The van der Waals surface area contributed by atoms with E-state index in [4.69, 9.17) is 24.3 Å². The van der Waals surface area contributed by atoms with Gasteiger partial charge < -0.3 is 20.1 Å². The molecule has 2 atom stereocenters. The van der Waals surface area contributed by atoms with E-state index in [1.165, 1.54) is 116 Å². The molecule has 0 aliphatic heterocycles. The molecule has 0 aromatic carbocycles. The van der Waals surface area contributed by atoms with Gasteiger partial charge in [0, 0.05) is 19.4 Å². The van der Waals surface area contributed by atoms with Gasteiger partial charge in [-0.05, 0) is 103 Å². The maximum Gasteiger partial charge on any atom is 0.472 e. The molecular weight excluding hydrogens is 930 g/mol. The van der Waals surface area contributed by atoms with Crippen molar-refractivity contribution < 1.29 is 37.6 Å². The number of allylic oxidation sites excluding steroid dienone is 18. The summed E-state index contributed by atoms with van der Waals surface area (Å²) in [6, 6.07) is 0. The highest BCUT2D eigenvalue weighted by molar-refractivity contribution is 7.47. The van der Waals surface area contributed by atoms with Crippen LogP contribution in [-0.2, 0) is 32.7 Å². The molecule has 73 heavy (non-hydrogen) atoms. The molecule has 0 radical (unpaired) electrons. The first kappa shape index (κ1) is 69.7. The van der Waals surface area contributed by atoms with E-state index in [1.807, 2.05) is 0 Å². The third kappa shape index (κ3) is 57.8. The summed E-state index contributed by atoms with van der Waals surface area (Å²) >= 11 is 0. The molecule has 0 aromatic rings. The maximum atomic E-state index is 12.7. The van der Waals surface area contributed by atoms with Crippen LogP contribution < -0.4 is 5.73 Å².